The standard InChI is InChI=1S/C12H11NO2/c1-15-10-4-5-11-8(6-10)2-3-9(7-13)12(11)14/h4-6,9H,2-3H2,1H3/t9-/m1/s1. The lowest BCUT2D eigenvalue weighted by Crippen LogP contribution is -2.21. The molecule has 0 fully saturated rings. The molecule has 0 aliphatic heterocycles. The van der Waals surface area contributed by atoms with E-state index in [2.05, 4.69) is 0 Å². The minimum atomic E-state index is -0.467. The molecule has 0 spiro atoms. The Labute approximate surface area is 88.3 Å². The molecule has 0 N–H and O–H groups in total. The summed E-state index contributed by atoms with van der Waals surface area (Å²) in [6, 6.07) is 7.43. The van der Waals surface area contributed by atoms with Crippen LogP contribution < -0.4 is 4.74 Å². The maximum atomic E-state index is 11.8. The minimum Gasteiger partial charge on any atom is -0.497 e. The highest BCUT2D eigenvalue weighted by atomic mass is 16.5. The Hall–Kier alpha value is -1.82. The lowest BCUT2D eigenvalue weighted by molar-refractivity contribution is 0.0934. The van der Waals surface area contributed by atoms with Crippen molar-refractivity contribution in [2.75, 3.05) is 7.11 Å². The van der Waals surface area contributed by atoms with Crippen LogP contribution in [-0.4, -0.2) is 12.9 Å². The first-order valence-corrected chi connectivity index (χ1v) is 4.87. The molecule has 1 aromatic rings. The second-order valence-electron chi connectivity index (χ2n) is 3.61. The Morgan fingerprint density at radius 3 is 3.00 bits per heavy atom. The Balaban J connectivity index is 2.42. The van der Waals surface area contributed by atoms with Crippen molar-refractivity contribution in [3.63, 3.8) is 0 Å². The highest BCUT2D eigenvalue weighted by Crippen LogP contribution is 2.28. The SMILES string of the molecule is COc1ccc2c(c1)CC[C@H](C#N)C2=O. The van der Waals surface area contributed by atoms with Crippen LogP contribution in [-0.2, 0) is 6.42 Å². The summed E-state index contributed by atoms with van der Waals surface area (Å²) in [5.41, 5.74) is 1.67. The summed E-state index contributed by atoms with van der Waals surface area (Å²) < 4.78 is 5.09. The van der Waals surface area contributed by atoms with Crippen molar-refractivity contribution in [2.45, 2.75) is 12.8 Å². The number of carbonyl (C=O) groups is 1. The Bertz CT molecular complexity index is 445. The van der Waals surface area contributed by atoms with Gasteiger partial charge in [-0.1, -0.05) is 0 Å². The van der Waals surface area contributed by atoms with Gasteiger partial charge in [-0.05, 0) is 36.6 Å². The average molecular weight is 201 g/mol. The summed E-state index contributed by atoms with van der Waals surface area (Å²) in [5, 5.41) is 8.79. The molecule has 0 saturated carbocycles. The van der Waals surface area contributed by atoms with Gasteiger partial charge in [0.2, 0.25) is 0 Å². The number of ether oxygens (including phenoxy) is 1. The second-order valence-corrected chi connectivity index (χ2v) is 3.61. The highest BCUT2D eigenvalue weighted by Gasteiger charge is 2.27. The third-order valence-electron chi connectivity index (χ3n) is 2.75. The summed E-state index contributed by atoms with van der Waals surface area (Å²) >= 11 is 0. The van der Waals surface area contributed by atoms with E-state index in [9.17, 15) is 4.79 Å². The van der Waals surface area contributed by atoms with Crippen LogP contribution in [0.4, 0.5) is 0 Å². The van der Waals surface area contributed by atoms with Crippen molar-refractivity contribution in [2.24, 2.45) is 5.92 Å². The van der Waals surface area contributed by atoms with E-state index >= 15 is 0 Å². The van der Waals surface area contributed by atoms with Crippen LogP contribution in [0.5, 0.6) is 5.75 Å². The minimum absolute atomic E-state index is 0.0543. The number of carbonyl (C=O) groups excluding carboxylic acids is 1. The molecule has 0 amide bonds. The van der Waals surface area contributed by atoms with Gasteiger partial charge in [-0.15, -0.1) is 0 Å². The normalized spacial score (nSPS) is 19.2. The molecule has 2 rings (SSSR count). The molecule has 1 aromatic carbocycles. The van der Waals surface area contributed by atoms with E-state index in [0.717, 1.165) is 17.7 Å². The lowest BCUT2D eigenvalue weighted by atomic mass is 9.83. The number of nitriles is 1. The van der Waals surface area contributed by atoms with Gasteiger partial charge in [0.25, 0.3) is 0 Å². The maximum absolute atomic E-state index is 11.8. The molecule has 0 unspecified atom stereocenters. The number of methoxy groups -OCH3 is 1. The molecule has 76 valence electrons. The van der Waals surface area contributed by atoms with Crippen LogP contribution in [0.1, 0.15) is 22.3 Å². The van der Waals surface area contributed by atoms with Crippen LogP contribution in [0, 0.1) is 17.2 Å². The molecule has 0 radical (unpaired) electrons. The molecule has 1 aliphatic rings. The smallest absolute Gasteiger partial charge is 0.180 e. The van der Waals surface area contributed by atoms with Crippen molar-refractivity contribution in [1.29, 1.82) is 5.26 Å². The van der Waals surface area contributed by atoms with E-state index in [-0.39, 0.29) is 5.78 Å². The monoisotopic (exact) mass is 201 g/mol. The molecule has 1 atom stereocenters. The van der Waals surface area contributed by atoms with E-state index in [1.807, 2.05) is 12.1 Å². The van der Waals surface area contributed by atoms with E-state index < -0.39 is 5.92 Å². The number of hydrogen-bond donors (Lipinski definition) is 0. The molecule has 3 heteroatoms. The molecule has 0 heterocycles. The maximum Gasteiger partial charge on any atom is 0.180 e. The van der Waals surface area contributed by atoms with Gasteiger partial charge in [-0.2, -0.15) is 5.26 Å². The summed E-state index contributed by atoms with van der Waals surface area (Å²) in [6.07, 6.45) is 1.39. The molecule has 0 bridgehead atoms. The second kappa shape index (κ2) is 3.74. The Kier molecular flexibility index (Phi) is 2.42. The van der Waals surface area contributed by atoms with Gasteiger partial charge in [0, 0.05) is 5.56 Å². The molecule has 3 nitrogen and oxygen atoms in total. The zero-order valence-electron chi connectivity index (χ0n) is 8.49. The van der Waals surface area contributed by atoms with Gasteiger partial charge in [0.1, 0.15) is 11.7 Å². The first-order chi connectivity index (χ1) is 7.26. The Morgan fingerprint density at radius 1 is 1.53 bits per heavy atom. The Morgan fingerprint density at radius 2 is 2.33 bits per heavy atom. The van der Waals surface area contributed by atoms with Crippen LogP contribution >= 0.6 is 0 Å². The van der Waals surface area contributed by atoms with Crippen molar-refractivity contribution < 1.29 is 9.53 Å². The van der Waals surface area contributed by atoms with Crippen LogP contribution in [0.3, 0.4) is 0 Å². The predicted molar refractivity (Wildman–Crippen MR) is 54.7 cm³/mol. The van der Waals surface area contributed by atoms with Gasteiger partial charge in [0.05, 0.1) is 13.2 Å². The molecule has 0 aromatic heterocycles. The first-order valence-electron chi connectivity index (χ1n) is 4.87. The van der Waals surface area contributed by atoms with E-state index in [0.29, 0.717) is 12.0 Å². The number of aryl methyl sites for hydroxylation is 1. The molecule has 15 heavy (non-hydrogen) atoms. The number of benzene rings is 1. The predicted octanol–water partition coefficient (Wildman–Crippen LogP) is 1.96. The number of ketones is 1. The fourth-order valence-corrected chi connectivity index (χ4v) is 1.89. The van der Waals surface area contributed by atoms with Crippen LogP contribution in [0.2, 0.25) is 0 Å². The van der Waals surface area contributed by atoms with Gasteiger partial charge >= 0.3 is 0 Å². The zero-order chi connectivity index (χ0) is 10.8. The largest absolute Gasteiger partial charge is 0.497 e. The third-order valence-corrected chi connectivity index (χ3v) is 2.75. The molecule has 1 aliphatic carbocycles. The number of fused-ring (bicyclic) bond motifs is 1. The summed E-state index contributed by atoms with van der Waals surface area (Å²) in [6.45, 7) is 0. The van der Waals surface area contributed by atoms with Crippen molar-refractivity contribution >= 4 is 5.78 Å². The van der Waals surface area contributed by atoms with E-state index in [1.165, 1.54) is 0 Å². The number of hydrogen-bond acceptors (Lipinski definition) is 3. The summed E-state index contributed by atoms with van der Waals surface area (Å²) in [4.78, 5) is 11.8. The summed E-state index contributed by atoms with van der Waals surface area (Å²) in [7, 11) is 1.60. The quantitative estimate of drug-likeness (QED) is 0.697. The van der Waals surface area contributed by atoms with E-state index in [1.54, 1.807) is 19.2 Å². The topological polar surface area (TPSA) is 50.1 Å². The average Bonchev–Trinajstić information content (AvgIpc) is 2.29. The van der Waals surface area contributed by atoms with Gasteiger partial charge in [-0.25, -0.2) is 0 Å². The van der Waals surface area contributed by atoms with Crippen molar-refractivity contribution in [3.05, 3.63) is 29.3 Å². The fraction of sp³-hybridized carbons (Fsp3) is 0.333. The molecular formula is C12H11NO2. The number of nitrogens with zero attached hydrogens (tertiary/aromatic N) is 1. The van der Waals surface area contributed by atoms with Crippen LogP contribution in [0.15, 0.2) is 18.2 Å². The zero-order valence-corrected chi connectivity index (χ0v) is 8.49. The highest BCUT2D eigenvalue weighted by molar-refractivity contribution is 6.01. The van der Waals surface area contributed by atoms with Gasteiger partial charge in [0.15, 0.2) is 5.78 Å². The van der Waals surface area contributed by atoms with Crippen LogP contribution in [0.25, 0.3) is 0 Å². The van der Waals surface area contributed by atoms with Gasteiger partial charge < -0.3 is 4.74 Å². The first kappa shape index (κ1) is 9.72. The van der Waals surface area contributed by atoms with Crippen molar-refractivity contribution in [3.8, 4) is 11.8 Å². The number of rotatable bonds is 1. The van der Waals surface area contributed by atoms with Crippen molar-refractivity contribution in [1.82, 2.24) is 0 Å². The fourth-order valence-electron chi connectivity index (χ4n) is 1.89. The molecule has 0 saturated heterocycles. The number of Topliss-reactive ketones (excluding diaryl/α,β-unsaturated/α-hetero) is 1. The van der Waals surface area contributed by atoms with Gasteiger partial charge in [-0.3, -0.25) is 4.79 Å². The van der Waals surface area contributed by atoms with E-state index in [4.69, 9.17) is 10.00 Å². The summed E-state index contributed by atoms with van der Waals surface area (Å²) in [5.74, 6) is 0.240. The molecular weight excluding hydrogens is 190 g/mol. The third kappa shape index (κ3) is 1.59. The lowest BCUT2D eigenvalue weighted by Gasteiger charge is -2.18.